The molecule has 3 heterocycles. The Balaban J connectivity index is 1.53. The zero-order chi connectivity index (χ0) is 21.5. The lowest BCUT2D eigenvalue weighted by molar-refractivity contribution is -0.385. The molecule has 1 aromatic carbocycles. The van der Waals surface area contributed by atoms with Crippen LogP contribution in [-0.4, -0.2) is 45.4 Å². The summed E-state index contributed by atoms with van der Waals surface area (Å²) in [5, 5.41) is 12.4. The lowest BCUT2D eigenvalue weighted by Gasteiger charge is -2.19. The number of thiazole rings is 1. The van der Waals surface area contributed by atoms with Gasteiger partial charge in [-0.05, 0) is 38.5 Å². The average Bonchev–Trinajstić information content (AvgIpc) is 3.58. The highest BCUT2D eigenvalue weighted by Gasteiger charge is 2.49. The predicted octanol–water partition coefficient (Wildman–Crippen LogP) is 4.36. The van der Waals surface area contributed by atoms with E-state index in [0.29, 0.717) is 11.3 Å². The minimum absolute atomic E-state index is 0.0891. The van der Waals surface area contributed by atoms with Crippen LogP contribution in [-0.2, 0) is 15.7 Å². The van der Waals surface area contributed by atoms with Crippen LogP contribution in [0.2, 0.25) is 0 Å². The SMILES string of the molecule is C/C(=C\c1nc(C)sc1C)Oc1cc(COP(=O)(N2CC2)N2CC2)ccc1[N+](=O)[O-]. The quantitative estimate of drug-likeness (QED) is 0.183. The van der Waals surface area contributed by atoms with Gasteiger partial charge in [0, 0.05) is 43.2 Å². The van der Waals surface area contributed by atoms with E-state index in [2.05, 4.69) is 4.98 Å². The van der Waals surface area contributed by atoms with Crippen molar-refractivity contribution in [1.82, 2.24) is 14.3 Å². The number of nitrogens with zero attached hydrogens (tertiary/aromatic N) is 4. The highest BCUT2D eigenvalue weighted by molar-refractivity contribution is 7.54. The molecule has 4 rings (SSSR count). The van der Waals surface area contributed by atoms with Gasteiger partial charge in [-0.25, -0.2) is 14.3 Å². The van der Waals surface area contributed by atoms with Crippen molar-refractivity contribution in [3.63, 3.8) is 0 Å². The molecule has 0 bridgehead atoms. The van der Waals surface area contributed by atoms with Crippen molar-refractivity contribution >= 4 is 30.8 Å². The van der Waals surface area contributed by atoms with Crippen LogP contribution in [0.3, 0.4) is 0 Å². The fourth-order valence-corrected chi connectivity index (χ4v) is 6.04. The lowest BCUT2D eigenvalue weighted by Crippen LogP contribution is -2.08. The molecule has 2 aromatic rings. The summed E-state index contributed by atoms with van der Waals surface area (Å²) in [4.78, 5) is 16.5. The maximum Gasteiger partial charge on any atom is 0.346 e. The number of benzene rings is 1. The third kappa shape index (κ3) is 4.63. The number of aryl methyl sites for hydroxylation is 2. The molecule has 0 saturated carbocycles. The molecule has 0 spiro atoms. The number of hydrogen-bond acceptors (Lipinski definition) is 7. The topological polar surface area (TPSA) is 97.6 Å². The third-order valence-electron chi connectivity index (χ3n) is 4.73. The second kappa shape index (κ2) is 8.20. The average molecular weight is 450 g/mol. The molecule has 0 radical (unpaired) electrons. The molecule has 0 N–H and O–H groups in total. The van der Waals surface area contributed by atoms with Crippen molar-refractivity contribution in [1.29, 1.82) is 0 Å². The van der Waals surface area contributed by atoms with E-state index in [0.717, 1.165) is 41.8 Å². The standard InChI is InChI=1S/C19H23N4O5PS/c1-13(10-17-14(2)30-15(3)20-17)28-19-11-16(4-5-18(19)23(24)25)12-27-29(26,21-6-7-21)22-8-9-22/h4-5,10-11H,6-9,12H2,1-3H3/b13-10+. The second-order valence-electron chi connectivity index (χ2n) is 7.26. The van der Waals surface area contributed by atoms with Crippen molar-refractivity contribution in [3.05, 3.63) is 55.2 Å². The molecule has 2 fully saturated rings. The molecule has 9 nitrogen and oxygen atoms in total. The predicted molar refractivity (Wildman–Crippen MR) is 115 cm³/mol. The molecule has 11 heteroatoms. The Morgan fingerprint density at radius 1 is 1.30 bits per heavy atom. The maximum absolute atomic E-state index is 13.1. The van der Waals surface area contributed by atoms with Gasteiger partial charge in [-0.15, -0.1) is 11.3 Å². The van der Waals surface area contributed by atoms with E-state index in [4.69, 9.17) is 9.26 Å². The van der Waals surface area contributed by atoms with Crippen LogP contribution in [0.5, 0.6) is 5.75 Å². The fraction of sp³-hybridized carbons (Fsp3) is 0.421. The molecule has 2 aliphatic rings. The number of nitro benzene ring substituents is 1. The molecule has 2 saturated heterocycles. The van der Waals surface area contributed by atoms with Gasteiger partial charge in [0.2, 0.25) is 5.75 Å². The third-order valence-corrected chi connectivity index (χ3v) is 8.33. The van der Waals surface area contributed by atoms with Crippen molar-refractivity contribution in [2.45, 2.75) is 27.4 Å². The van der Waals surface area contributed by atoms with Gasteiger partial charge in [0.05, 0.1) is 22.2 Å². The van der Waals surface area contributed by atoms with E-state index in [9.17, 15) is 14.7 Å². The minimum atomic E-state index is -2.96. The molecule has 2 aliphatic heterocycles. The van der Waals surface area contributed by atoms with Gasteiger partial charge >= 0.3 is 13.4 Å². The van der Waals surface area contributed by atoms with E-state index in [-0.39, 0.29) is 18.0 Å². The summed E-state index contributed by atoms with van der Waals surface area (Å²) >= 11 is 1.58. The Morgan fingerprint density at radius 2 is 1.97 bits per heavy atom. The van der Waals surface area contributed by atoms with E-state index >= 15 is 0 Å². The van der Waals surface area contributed by atoms with Crippen LogP contribution in [0.15, 0.2) is 24.0 Å². The number of allylic oxidation sites excluding steroid dienone is 1. The van der Waals surface area contributed by atoms with Crippen molar-refractivity contribution in [2.24, 2.45) is 0 Å². The highest BCUT2D eigenvalue weighted by Crippen LogP contribution is 2.61. The summed E-state index contributed by atoms with van der Waals surface area (Å²) in [6.45, 7) is 8.78. The van der Waals surface area contributed by atoms with Gasteiger partial charge in [-0.3, -0.25) is 14.7 Å². The van der Waals surface area contributed by atoms with E-state index in [1.807, 2.05) is 23.2 Å². The van der Waals surface area contributed by atoms with E-state index in [1.165, 1.54) is 6.07 Å². The molecule has 0 atom stereocenters. The van der Waals surface area contributed by atoms with Gasteiger partial charge in [0.15, 0.2) is 0 Å². The van der Waals surface area contributed by atoms with Gasteiger partial charge in [-0.2, -0.15) is 0 Å². The Kier molecular flexibility index (Phi) is 5.78. The second-order valence-corrected chi connectivity index (χ2v) is 11.0. The summed E-state index contributed by atoms with van der Waals surface area (Å²) < 4.78 is 28.3. The monoisotopic (exact) mass is 450 g/mol. The van der Waals surface area contributed by atoms with Crippen molar-refractivity contribution in [2.75, 3.05) is 26.2 Å². The van der Waals surface area contributed by atoms with E-state index in [1.54, 1.807) is 36.5 Å². The maximum atomic E-state index is 13.1. The summed E-state index contributed by atoms with van der Waals surface area (Å²) in [6, 6.07) is 4.56. The molecular formula is C19H23N4O5PS. The van der Waals surface area contributed by atoms with Gasteiger partial charge < -0.3 is 9.26 Å². The molecule has 30 heavy (non-hydrogen) atoms. The van der Waals surface area contributed by atoms with Crippen LogP contribution < -0.4 is 4.74 Å². The Morgan fingerprint density at radius 3 is 2.50 bits per heavy atom. The first kappa shape index (κ1) is 21.1. The summed E-state index contributed by atoms with van der Waals surface area (Å²) in [5.74, 6) is 0.608. The summed E-state index contributed by atoms with van der Waals surface area (Å²) in [5.41, 5.74) is 1.31. The molecule has 160 valence electrons. The number of rotatable bonds is 9. The van der Waals surface area contributed by atoms with Crippen LogP contribution in [0.1, 0.15) is 28.1 Å². The number of aromatic nitrogens is 1. The highest BCUT2D eigenvalue weighted by atomic mass is 32.1. The lowest BCUT2D eigenvalue weighted by atomic mass is 10.2. The first-order chi connectivity index (χ1) is 14.3. The zero-order valence-electron chi connectivity index (χ0n) is 17.0. The summed E-state index contributed by atoms with van der Waals surface area (Å²) in [7, 11) is -2.96. The molecule has 1 aromatic heterocycles. The molecule has 0 amide bonds. The van der Waals surface area contributed by atoms with Crippen LogP contribution in [0, 0.1) is 24.0 Å². The van der Waals surface area contributed by atoms with Gasteiger partial charge in [-0.1, -0.05) is 0 Å². The van der Waals surface area contributed by atoms with E-state index < -0.39 is 12.6 Å². The first-order valence-corrected chi connectivity index (χ1v) is 11.9. The van der Waals surface area contributed by atoms with Gasteiger partial charge in [0.25, 0.3) is 0 Å². The molecular weight excluding hydrogens is 427 g/mol. The largest absolute Gasteiger partial charge is 0.455 e. The van der Waals surface area contributed by atoms with Gasteiger partial charge in [0.1, 0.15) is 5.76 Å². The number of hydrogen-bond donors (Lipinski definition) is 0. The summed E-state index contributed by atoms with van der Waals surface area (Å²) in [6.07, 6.45) is 1.76. The van der Waals surface area contributed by atoms with Crippen LogP contribution >= 0.6 is 19.0 Å². The molecule has 0 unspecified atom stereocenters. The van der Waals surface area contributed by atoms with Crippen molar-refractivity contribution < 1.29 is 18.7 Å². The first-order valence-electron chi connectivity index (χ1n) is 9.59. The minimum Gasteiger partial charge on any atom is -0.455 e. The Hall–Kier alpha value is -2.10. The van der Waals surface area contributed by atoms with Crippen molar-refractivity contribution in [3.8, 4) is 5.75 Å². The number of nitro groups is 1. The number of ether oxygens (including phenoxy) is 1. The smallest absolute Gasteiger partial charge is 0.346 e. The van der Waals surface area contributed by atoms with Crippen LogP contribution in [0.25, 0.3) is 6.08 Å². The normalized spacial score (nSPS) is 17.2. The fourth-order valence-electron chi connectivity index (χ4n) is 3.05. The Labute approximate surface area is 178 Å². The Bertz CT molecular complexity index is 1050. The molecule has 0 aliphatic carbocycles. The van der Waals surface area contributed by atoms with Crippen LogP contribution in [0.4, 0.5) is 5.69 Å². The zero-order valence-corrected chi connectivity index (χ0v) is 18.7.